The molecule has 5 heteroatoms. The first kappa shape index (κ1) is 13.4. The van der Waals surface area contributed by atoms with Crippen LogP contribution in [0.15, 0.2) is 49.2 Å². The standard InChI is InChI=1S/C16H19N5/c17-16-13-4-3-8-19-14(13)5-6-15(16)20-7-1-2-10-21-11-9-18-12-21/h3-6,8-9,11-12,20H,1-2,7,10,17H2. The van der Waals surface area contributed by atoms with Crippen molar-refractivity contribution in [1.82, 2.24) is 14.5 Å². The van der Waals surface area contributed by atoms with Crippen LogP contribution in [-0.4, -0.2) is 21.1 Å². The number of benzene rings is 1. The van der Waals surface area contributed by atoms with Gasteiger partial charge in [-0.15, -0.1) is 0 Å². The maximum Gasteiger partial charge on any atom is 0.0945 e. The van der Waals surface area contributed by atoms with E-state index >= 15 is 0 Å². The van der Waals surface area contributed by atoms with Crippen molar-refractivity contribution in [3.8, 4) is 0 Å². The van der Waals surface area contributed by atoms with Gasteiger partial charge >= 0.3 is 0 Å². The van der Waals surface area contributed by atoms with Gasteiger partial charge in [-0.1, -0.05) is 0 Å². The third-order valence-corrected chi connectivity index (χ3v) is 3.54. The van der Waals surface area contributed by atoms with Gasteiger partial charge in [0.2, 0.25) is 0 Å². The van der Waals surface area contributed by atoms with Crippen LogP contribution in [0, 0.1) is 0 Å². The van der Waals surface area contributed by atoms with Crippen molar-refractivity contribution in [3.05, 3.63) is 49.2 Å². The maximum absolute atomic E-state index is 6.20. The number of nitrogens with two attached hydrogens (primary N) is 1. The number of hydrogen-bond donors (Lipinski definition) is 2. The highest BCUT2D eigenvalue weighted by molar-refractivity contribution is 5.96. The number of nitrogens with zero attached hydrogens (tertiary/aromatic N) is 3. The normalized spacial score (nSPS) is 10.9. The molecule has 3 rings (SSSR count). The second kappa shape index (κ2) is 6.26. The zero-order valence-corrected chi connectivity index (χ0v) is 11.9. The third kappa shape index (κ3) is 3.13. The summed E-state index contributed by atoms with van der Waals surface area (Å²) in [6, 6.07) is 7.91. The number of hydrogen-bond acceptors (Lipinski definition) is 4. The van der Waals surface area contributed by atoms with Crippen LogP contribution < -0.4 is 11.1 Å². The monoisotopic (exact) mass is 281 g/mol. The van der Waals surface area contributed by atoms with E-state index in [1.807, 2.05) is 43.0 Å². The van der Waals surface area contributed by atoms with E-state index in [-0.39, 0.29) is 0 Å². The van der Waals surface area contributed by atoms with Crippen LogP contribution in [0.2, 0.25) is 0 Å². The summed E-state index contributed by atoms with van der Waals surface area (Å²) >= 11 is 0. The number of pyridine rings is 1. The lowest BCUT2D eigenvalue weighted by Gasteiger charge is -2.11. The van der Waals surface area contributed by atoms with Gasteiger partial charge in [-0.3, -0.25) is 4.98 Å². The molecule has 21 heavy (non-hydrogen) atoms. The minimum Gasteiger partial charge on any atom is -0.397 e. The zero-order valence-electron chi connectivity index (χ0n) is 11.9. The van der Waals surface area contributed by atoms with Crippen LogP contribution >= 0.6 is 0 Å². The Bertz CT molecular complexity index is 706. The van der Waals surface area contributed by atoms with Gasteiger partial charge < -0.3 is 15.6 Å². The molecule has 0 aliphatic rings. The first-order valence-corrected chi connectivity index (χ1v) is 7.17. The van der Waals surface area contributed by atoms with Crippen LogP contribution in [0.1, 0.15) is 12.8 Å². The van der Waals surface area contributed by atoms with Crippen LogP contribution in [0.25, 0.3) is 10.9 Å². The number of unbranched alkanes of at least 4 members (excludes halogenated alkanes) is 1. The Morgan fingerprint density at radius 2 is 2.10 bits per heavy atom. The minimum absolute atomic E-state index is 0.773. The van der Waals surface area contributed by atoms with E-state index in [2.05, 4.69) is 19.9 Å². The first-order chi connectivity index (χ1) is 10.3. The quantitative estimate of drug-likeness (QED) is 0.538. The van der Waals surface area contributed by atoms with Crippen LogP contribution in [0.3, 0.4) is 0 Å². The van der Waals surface area contributed by atoms with Gasteiger partial charge in [0.05, 0.1) is 23.2 Å². The van der Waals surface area contributed by atoms with E-state index < -0.39 is 0 Å². The van der Waals surface area contributed by atoms with Crippen LogP contribution in [0.4, 0.5) is 11.4 Å². The topological polar surface area (TPSA) is 68.8 Å². The molecule has 0 aliphatic heterocycles. The fraction of sp³-hybridized carbons (Fsp3) is 0.250. The molecule has 0 atom stereocenters. The summed E-state index contributed by atoms with van der Waals surface area (Å²) in [7, 11) is 0. The number of rotatable bonds is 6. The summed E-state index contributed by atoms with van der Waals surface area (Å²) in [6.45, 7) is 1.91. The molecule has 1 aromatic carbocycles. The molecule has 3 aromatic rings. The molecule has 0 saturated carbocycles. The lowest BCUT2D eigenvalue weighted by molar-refractivity contribution is 0.621. The summed E-state index contributed by atoms with van der Waals surface area (Å²) in [6.07, 6.45) is 9.62. The molecule has 5 nitrogen and oxygen atoms in total. The van der Waals surface area contributed by atoms with Crippen molar-refractivity contribution >= 4 is 22.3 Å². The summed E-state index contributed by atoms with van der Waals surface area (Å²) in [5.74, 6) is 0. The molecule has 0 bridgehead atoms. The van der Waals surface area contributed by atoms with Gasteiger partial charge in [0.1, 0.15) is 0 Å². The lowest BCUT2D eigenvalue weighted by atomic mass is 10.1. The molecule has 2 heterocycles. The maximum atomic E-state index is 6.20. The Labute approximate surface area is 123 Å². The Hall–Kier alpha value is -2.56. The Morgan fingerprint density at radius 3 is 2.95 bits per heavy atom. The molecular weight excluding hydrogens is 262 g/mol. The molecule has 0 amide bonds. The van der Waals surface area contributed by atoms with Crippen LogP contribution in [-0.2, 0) is 6.54 Å². The summed E-state index contributed by atoms with van der Waals surface area (Å²) < 4.78 is 2.09. The summed E-state index contributed by atoms with van der Waals surface area (Å²) in [5, 5.41) is 4.41. The van der Waals surface area contributed by atoms with Gasteiger partial charge in [0.25, 0.3) is 0 Å². The molecule has 0 saturated heterocycles. The summed E-state index contributed by atoms with van der Waals surface area (Å²) in [4.78, 5) is 8.34. The molecule has 108 valence electrons. The highest BCUT2D eigenvalue weighted by Gasteiger charge is 2.04. The Balaban J connectivity index is 1.54. The van der Waals surface area contributed by atoms with E-state index in [0.717, 1.165) is 48.2 Å². The van der Waals surface area contributed by atoms with Crippen molar-refractivity contribution in [2.75, 3.05) is 17.6 Å². The first-order valence-electron chi connectivity index (χ1n) is 7.17. The lowest BCUT2D eigenvalue weighted by Crippen LogP contribution is -2.06. The van der Waals surface area contributed by atoms with Gasteiger partial charge in [-0.25, -0.2) is 4.98 Å². The average molecular weight is 281 g/mol. The second-order valence-corrected chi connectivity index (χ2v) is 5.03. The van der Waals surface area contributed by atoms with E-state index in [4.69, 9.17) is 5.73 Å². The largest absolute Gasteiger partial charge is 0.397 e. The van der Waals surface area contributed by atoms with Gasteiger partial charge in [0.15, 0.2) is 0 Å². The fourth-order valence-electron chi connectivity index (χ4n) is 2.39. The SMILES string of the molecule is Nc1c(NCCCCn2ccnc2)ccc2ncccc12. The number of imidazole rings is 1. The van der Waals surface area contributed by atoms with E-state index in [9.17, 15) is 0 Å². The van der Waals surface area contributed by atoms with Crippen LogP contribution in [0.5, 0.6) is 0 Å². The predicted octanol–water partition coefficient (Wildman–Crippen LogP) is 2.91. The average Bonchev–Trinajstić information content (AvgIpc) is 3.03. The number of aromatic nitrogens is 3. The van der Waals surface area contributed by atoms with Gasteiger partial charge in [0, 0.05) is 37.1 Å². The van der Waals surface area contributed by atoms with E-state index in [0.29, 0.717) is 0 Å². The minimum atomic E-state index is 0.773. The zero-order chi connectivity index (χ0) is 14.5. The fourth-order valence-corrected chi connectivity index (χ4v) is 2.39. The highest BCUT2D eigenvalue weighted by Crippen LogP contribution is 2.27. The van der Waals surface area contributed by atoms with E-state index in [1.54, 1.807) is 6.20 Å². The smallest absolute Gasteiger partial charge is 0.0945 e. The van der Waals surface area contributed by atoms with Crippen molar-refractivity contribution in [3.63, 3.8) is 0 Å². The van der Waals surface area contributed by atoms with Crippen molar-refractivity contribution < 1.29 is 0 Å². The number of aryl methyl sites for hydroxylation is 1. The van der Waals surface area contributed by atoms with Gasteiger partial charge in [-0.2, -0.15) is 0 Å². The van der Waals surface area contributed by atoms with Crippen molar-refractivity contribution in [2.45, 2.75) is 19.4 Å². The number of nitrogen functional groups attached to an aromatic ring is 1. The molecule has 0 spiro atoms. The third-order valence-electron chi connectivity index (χ3n) is 3.54. The highest BCUT2D eigenvalue weighted by atomic mass is 15.0. The number of anilines is 2. The van der Waals surface area contributed by atoms with Crippen molar-refractivity contribution in [2.24, 2.45) is 0 Å². The summed E-state index contributed by atoms with van der Waals surface area (Å²) in [5.41, 5.74) is 8.88. The second-order valence-electron chi connectivity index (χ2n) is 5.03. The van der Waals surface area contributed by atoms with Gasteiger partial charge in [-0.05, 0) is 37.1 Å². The number of fused-ring (bicyclic) bond motifs is 1. The Morgan fingerprint density at radius 1 is 1.14 bits per heavy atom. The molecule has 0 fully saturated rings. The molecular formula is C16H19N5. The van der Waals surface area contributed by atoms with E-state index in [1.165, 1.54) is 0 Å². The molecule has 2 aromatic heterocycles. The Kier molecular flexibility index (Phi) is 4.00. The molecule has 0 aliphatic carbocycles. The molecule has 0 radical (unpaired) electrons. The molecule has 0 unspecified atom stereocenters. The molecule has 3 N–H and O–H groups in total. The predicted molar refractivity (Wildman–Crippen MR) is 86.1 cm³/mol. The number of nitrogens with one attached hydrogen (secondary N) is 1. The van der Waals surface area contributed by atoms with Crippen molar-refractivity contribution in [1.29, 1.82) is 0 Å².